The third kappa shape index (κ3) is 2.43. The molecule has 0 bridgehead atoms. The Balaban J connectivity index is 1.69. The number of hydrogen-bond acceptors (Lipinski definition) is 5. The van der Waals surface area contributed by atoms with Crippen molar-refractivity contribution in [2.75, 3.05) is 6.61 Å². The number of aliphatic hydroxyl groups excluding tert-OH is 3. The second-order valence-electron chi connectivity index (χ2n) is 8.84. The molecular weight excluding hydrogens is 320 g/mol. The number of rotatable bonds is 3. The summed E-state index contributed by atoms with van der Waals surface area (Å²) < 4.78 is 10.8. The summed E-state index contributed by atoms with van der Waals surface area (Å²) in [5.41, 5.74) is 0.306. The van der Waals surface area contributed by atoms with Gasteiger partial charge in [0.05, 0.1) is 31.3 Å². The van der Waals surface area contributed by atoms with Gasteiger partial charge in [0.25, 0.3) is 0 Å². The summed E-state index contributed by atoms with van der Waals surface area (Å²) in [5, 5.41) is 32.2. The van der Waals surface area contributed by atoms with Gasteiger partial charge in [-0.1, -0.05) is 20.3 Å². The smallest absolute Gasteiger partial charge is 0.158 e. The molecule has 8 atom stereocenters. The fourth-order valence-electron chi connectivity index (χ4n) is 6.33. The van der Waals surface area contributed by atoms with Crippen LogP contribution in [0, 0.1) is 28.6 Å². The Morgan fingerprint density at radius 2 is 2.12 bits per heavy atom. The lowest BCUT2D eigenvalue weighted by atomic mass is 9.43. The second kappa shape index (κ2) is 6.08. The van der Waals surface area contributed by atoms with Gasteiger partial charge < -0.3 is 24.5 Å². The molecule has 140 valence electrons. The molecule has 25 heavy (non-hydrogen) atoms. The maximum absolute atomic E-state index is 11.0. The summed E-state index contributed by atoms with van der Waals surface area (Å²) in [4.78, 5) is 0. The van der Waals surface area contributed by atoms with Crippen LogP contribution in [0.5, 0.6) is 0 Å². The molecule has 1 aromatic rings. The molecule has 0 aromatic carbocycles. The molecular formula is C20H30O5. The summed E-state index contributed by atoms with van der Waals surface area (Å²) >= 11 is 0. The van der Waals surface area contributed by atoms with Gasteiger partial charge in [-0.15, -0.1) is 0 Å². The van der Waals surface area contributed by atoms with E-state index in [4.69, 9.17) is 9.15 Å². The average Bonchev–Trinajstić information content (AvgIpc) is 3.22. The highest BCUT2D eigenvalue weighted by Gasteiger charge is 2.66. The Hall–Kier alpha value is -0.880. The van der Waals surface area contributed by atoms with Gasteiger partial charge in [-0.2, -0.15) is 0 Å². The van der Waals surface area contributed by atoms with Gasteiger partial charge >= 0.3 is 0 Å². The largest absolute Gasteiger partial charge is 0.472 e. The summed E-state index contributed by atoms with van der Waals surface area (Å²) in [6.07, 6.45) is 5.69. The van der Waals surface area contributed by atoms with Crippen molar-refractivity contribution >= 4 is 0 Å². The average molecular weight is 350 g/mol. The van der Waals surface area contributed by atoms with Crippen molar-refractivity contribution in [3.05, 3.63) is 24.2 Å². The highest BCUT2D eigenvalue weighted by molar-refractivity contribution is 5.15. The number of aliphatic hydroxyl groups is 3. The van der Waals surface area contributed by atoms with E-state index in [1.165, 1.54) is 0 Å². The zero-order valence-corrected chi connectivity index (χ0v) is 15.1. The van der Waals surface area contributed by atoms with E-state index >= 15 is 0 Å². The first-order valence-corrected chi connectivity index (χ1v) is 9.57. The van der Waals surface area contributed by atoms with E-state index in [1.807, 2.05) is 6.07 Å². The van der Waals surface area contributed by atoms with Crippen molar-refractivity contribution in [3.8, 4) is 0 Å². The molecule has 3 aliphatic rings. The molecule has 3 fully saturated rings. The third-order valence-electron chi connectivity index (χ3n) is 7.88. The lowest BCUT2D eigenvalue weighted by molar-refractivity contribution is -0.187. The van der Waals surface area contributed by atoms with E-state index in [2.05, 4.69) is 13.8 Å². The van der Waals surface area contributed by atoms with Crippen molar-refractivity contribution in [2.24, 2.45) is 28.6 Å². The zero-order valence-electron chi connectivity index (χ0n) is 15.1. The van der Waals surface area contributed by atoms with E-state index in [0.29, 0.717) is 19.4 Å². The van der Waals surface area contributed by atoms with E-state index in [9.17, 15) is 15.3 Å². The van der Waals surface area contributed by atoms with Gasteiger partial charge in [-0.25, -0.2) is 0 Å². The van der Waals surface area contributed by atoms with Crippen LogP contribution in [0.3, 0.4) is 0 Å². The third-order valence-corrected chi connectivity index (χ3v) is 7.88. The molecule has 2 aliphatic carbocycles. The Bertz CT molecular complexity index is 601. The van der Waals surface area contributed by atoms with Gasteiger partial charge in [0.2, 0.25) is 0 Å². The van der Waals surface area contributed by atoms with Crippen LogP contribution < -0.4 is 0 Å². The topological polar surface area (TPSA) is 83.1 Å². The molecule has 3 N–H and O–H groups in total. The van der Waals surface area contributed by atoms with Crippen LogP contribution in [-0.4, -0.2) is 34.3 Å². The van der Waals surface area contributed by atoms with E-state index in [1.54, 1.807) is 12.5 Å². The molecule has 2 heterocycles. The van der Waals surface area contributed by atoms with Crippen LogP contribution in [0.15, 0.2) is 23.0 Å². The van der Waals surface area contributed by atoms with Crippen LogP contribution in [-0.2, 0) is 4.74 Å². The minimum atomic E-state index is -0.770. The lowest BCUT2D eigenvalue weighted by Gasteiger charge is -2.61. The van der Waals surface area contributed by atoms with Crippen molar-refractivity contribution < 1.29 is 24.5 Å². The maximum atomic E-state index is 11.0. The van der Waals surface area contributed by atoms with E-state index in [-0.39, 0.29) is 28.6 Å². The summed E-state index contributed by atoms with van der Waals surface area (Å²) in [6, 6.07) is 1.82. The van der Waals surface area contributed by atoms with Crippen LogP contribution in [0.4, 0.5) is 0 Å². The Morgan fingerprint density at radius 1 is 1.32 bits per heavy atom. The van der Waals surface area contributed by atoms with Crippen LogP contribution >= 0.6 is 0 Å². The van der Waals surface area contributed by atoms with Crippen LogP contribution in [0.1, 0.15) is 57.6 Å². The van der Waals surface area contributed by atoms with Gasteiger partial charge in [0.15, 0.2) is 6.29 Å². The van der Waals surface area contributed by atoms with Crippen molar-refractivity contribution in [1.29, 1.82) is 0 Å². The van der Waals surface area contributed by atoms with E-state index < -0.39 is 18.5 Å². The second-order valence-corrected chi connectivity index (χ2v) is 8.84. The molecule has 0 radical (unpaired) electrons. The highest BCUT2D eigenvalue weighted by atomic mass is 16.6. The molecule has 1 aliphatic heterocycles. The van der Waals surface area contributed by atoms with Crippen LogP contribution in [0.2, 0.25) is 0 Å². The van der Waals surface area contributed by atoms with Gasteiger partial charge in [0, 0.05) is 16.9 Å². The Labute approximate surface area is 149 Å². The first-order valence-electron chi connectivity index (χ1n) is 9.57. The first kappa shape index (κ1) is 17.5. The molecule has 0 unspecified atom stereocenters. The summed E-state index contributed by atoms with van der Waals surface area (Å²) in [7, 11) is 0. The van der Waals surface area contributed by atoms with Crippen molar-refractivity contribution in [3.63, 3.8) is 0 Å². The molecule has 4 rings (SSSR count). The Kier molecular flexibility index (Phi) is 4.27. The lowest BCUT2D eigenvalue weighted by Crippen LogP contribution is -2.61. The minimum absolute atomic E-state index is 0.000793. The summed E-state index contributed by atoms with van der Waals surface area (Å²) in [6.45, 7) is 4.87. The molecule has 2 saturated carbocycles. The Morgan fingerprint density at radius 3 is 2.84 bits per heavy atom. The maximum Gasteiger partial charge on any atom is 0.158 e. The van der Waals surface area contributed by atoms with Crippen LogP contribution in [0.25, 0.3) is 0 Å². The summed E-state index contributed by atoms with van der Waals surface area (Å²) in [5.74, 6) is 0.520. The monoisotopic (exact) mass is 350 g/mol. The SMILES string of the molecule is C[C@@H]1C[C@H](O)[C@@]23CO[C@@H](O)[C@@H]2CCC[C@@H]3[C@@]1(C)C[C@H](O)c1ccoc1. The molecule has 0 amide bonds. The van der Waals surface area contributed by atoms with Crippen molar-refractivity contribution in [2.45, 2.75) is 64.4 Å². The normalized spacial score (nSPS) is 48.0. The zero-order chi connectivity index (χ0) is 17.8. The molecule has 1 spiro atoms. The van der Waals surface area contributed by atoms with Gasteiger partial charge in [-0.05, 0) is 49.0 Å². The van der Waals surface area contributed by atoms with E-state index in [0.717, 1.165) is 24.8 Å². The quantitative estimate of drug-likeness (QED) is 0.781. The first-order chi connectivity index (χ1) is 11.9. The molecule has 1 saturated heterocycles. The molecule has 1 aromatic heterocycles. The molecule has 5 heteroatoms. The van der Waals surface area contributed by atoms with Crippen molar-refractivity contribution in [1.82, 2.24) is 0 Å². The standard InChI is InChI=1S/C20H30O5/c1-12-8-17(22)20-11-25-18(23)14(20)4-3-5-16(20)19(12,2)9-15(21)13-6-7-24-10-13/h6-7,10,12,14-18,21-23H,3-5,8-9,11H2,1-2H3/t12-,14+,15+,16-,17+,18-,19+,20+/m1/s1. The number of hydrogen-bond donors (Lipinski definition) is 3. The number of furan rings is 1. The fourth-order valence-corrected chi connectivity index (χ4v) is 6.33. The minimum Gasteiger partial charge on any atom is -0.472 e. The van der Waals surface area contributed by atoms with Gasteiger partial charge in [0.1, 0.15) is 0 Å². The van der Waals surface area contributed by atoms with Gasteiger partial charge in [-0.3, -0.25) is 0 Å². The highest BCUT2D eigenvalue weighted by Crippen LogP contribution is 2.66. The fraction of sp³-hybridized carbons (Fsp3) is 0.800. The predicted molar refractivity (Wildman–Crippen MR) is 91.4 cm³/mol. The predicted octanol–water partition coefficient (Wildman–Crippen LogP) is 2.86. The number of ether oxygens (including phenoxy) is 1. The molecule has 5 nitrogen and oxygen atoms in total.